The number of rotatable bonds is 10. The van der Waals surface area contributed by atoms with Crippen LogP contribution in [0.4, 0.5) is 5.69 Å². The number of unbranched alkanes of at least 4 members (excludes halogenated alkanes) is 2. The van der Waals surface area contributed by atoms with Crippen LogP contribution in [0, 0.1) is 11.8 Å². The van der Waals surface area contributed by atoms with Gasteiger partial charge >= 0.3 is 0 Å². The molecule has 1 amide bonds. The molecular formula is C33H32N4O. The molecule has 4 aromatic rings. The number of benzene rings is 2. The average molecular weight is 501 g/mol. The summed E-state index contributed by atoms with van der Waals surface area (Å²) in [5.41, 5.74) is 5.98. The zero-order valence-electron chi connectivity index (χ0n) is 21.6. The Morgan fingerprint density at radius 2 is 1.37 bits per heavy atom. The fraction of sp³-hybridized carbons (Fsp3) is 0.242. The summed E-state index contributed by atoms with van der Waals surface area (Å²) in [5, 5.41) is 0. The van der Waals surface area contributed by atoms with E-state index in [4.69, 9.17) is 0 Å². The number of amides is 1. The first kappa shape index (κ1) is 25.4. The monoisotopic (exact) mass is 500 g/mol. The van der Waals surface area contributed by atoms with Crippen molar-refractivity contribution in [3.05, 3.63) is 125 Å². The second kappa shape index (κ2) is 12.8. The minimum Gasteiger partial charge on any atom is -0.307 e. The van der Waals surface area contributed by atoms with E-state index in [-0.39, 0.29) is 5.91 Å². The molecule has 0 saturated carbocycles. The fourth-order valence-electron chi connectivity index (χ4n) is 4.79. The highest BCUT2D eigenvalue weighted by atomic mass is 16.2. The minimum absolute atomic E-state index is 0.148. The number of fused-ring (bicyclic) bond motifs is 2. The van der Waals surface area contributed by atoms with Crippen molar-refractivity contribution in [1.29, 1.82) is 0 Å². The first-order valence-electron chi connectivity index (χ1n) is 13.3. The maximum atomic E-state index is 13.5. The van der Waals surface area contributed by atoms with Gasteiger partial charge in [0.2, 0.25) is 5.91 Å². The van der Waals surface area contributed by atoms with Crippen molar-refractivity contribution in [2.45, 2.75) is 45.3 Å². The topological polar surface area (TPSA) is 49.3 Å². The number of pyridine rings is 2. The van der Waals surface area contributed by atoms with Crippen molar-refractivity contribution in [2.24, 2.45) is 0 Å². The number of hydrogen-bond acceptors (Lipinski definition) is 4. The van der Waals surface area contributed by atoms with Crippen molar-refractivity contribution >= 4 is 11.6 Å². The Hall–Kier alpha value is -4.27. The van der Waals surface area contributed by atoms with Crippen LogP contribution in [0.3, 0.4) is 0 Å². The lowest BCUT2D eigenvalue weighted by molar-refractivity contribution is -0.118. The molecule has 0 aliphatic carbocycles. The molecule has 5 rings (SSSR count). The minimum atomic E-state index is 0.148. The van der Waals surface area contributed by atoms with Crippen LogP contribution >= 0.6 is 0 Å². The number of nitrogens with zero attached hydrogens (tertiary/aromatic N) is 4. The molecule has 0 fully saturated rings. The standard InChI is InChI=1S/C33H32N4O/c38-33(37-24-29-14-4-3-12-27(29)19-20-28-13-5-6-17-32(28)37)18-2-1-11-23-36(25-30-15-7-9-21-34-30)26-31-16-8-10-22-35-31/h3-10,12-17,21-22H,1-2,11,18,23-26H2. The summed E-state index contributed by atoms with van der Waals surface area (Å²) in [4.78, 5) is 26.8. The van der Waals surface area contributed by atoms with Crippen LogP contribution in [0.5, 0.6) is 0 Å². The van der Waals surface area contributed by atoms with Crippen LogP contribution in [0.2, 0.25) is 0 Å². The van der Waals surface area contributed by atoms with Gasteiger partial charge in [0.15, 0.2) is 0 Å². The highest BCUT2D eigenvalue weighted by Crippen LogP contribution is 2.26. The summed E-state index contributed by atoms with van der Waals surface area (Å²) in [7, 11) is 0. The van der Waals surface area contributed by atoms with Crippen molar-refractivity contribution in [3.63, 3.8) is 0 Å². The SMILES string of the molecule is O=C(CCCCCN(Cc1ccccn1)Cc1ccccn1)N1Cc2ccccc2C#Cc2ccccc21. The van der Waals surface area contributed by atoms with Gasteiger partial charge in [0, 0.05) is 43.0 Å². The smallest absolute Gasteiger partial charge is 0.227 e. The molecule has 5 nitrogen and oxygen atoms in total. The molecule has 3 heterocycles. The molecule has 0 unspecified atom stereocenters. The van der Waals surface area contributed by atoms with Crippen molar-refractivity contribution in [2.75, 3.05) is 11.4 Å². The Bertz CT molecular complexity index is 1370. The van der Waals surface area contributed by atoms with Gasteiger partial charge in [0.25, 0.3) is 0 Å². The van der Waals surface area contributed by atoms with Crippen LogP contribution in [-0.2, 0) is 24.4 Å². The van der Waals surface area contributed by atoms with Gasteiger partial charge in [-0.2, -0.15) is 0 Å². The van der Waals surface area contributed by atoms with Gasteiger partial charge in [-0.05, 0) is 67.4 Å². The molecule has 190 valence electrons. The van der Waals surface area contributed by atoms with Gasteiger partial charge in [-0.3, -0.25) is 19.7 Å². The predicted octanol–water partition coefficient (Wildman–Crippen LogP) is 5.99. The van der Waals surface area contributed by atoms with E-state index in [0.717, 1.165) is 72.7 Å². The molecule has 0 spiro atoms. The molecule has 2 aromatic heterocycles. The first-order chi connectivity index (χ1) is 18.8. The molecule has 0 atom stereocenters. The van der Waals surface area contributed by atoms with Gasteiger partial charge in [-0.1, -0.05) is 60.7 Å². The lowest BCUT2D eigenvalue weighted by Gasteiger charge is -2.26. The van der Waals surface area contributed by atoms with Crippen LogP contribution < -0.4 is 4.90 Å². The Balaban J connectivity index is 1.19. The lowest BCUT2D eigenvalue weighted by Crippen LogP contribution is -2.31. The Morgan fingerprint density at radius 1 is 0.737 bits per heavy atom. The largest absolute Gasteiger partial charge is 0.307 e. The summed E-state index contributed by atoms with van der Waals surface area (Å²) >= 11 is 0. The highest BCUT2D eigenvalue weighted by molar-refractivity contribution is 5.95. The number of aromatic nitrogens is 2. The third-order valence-electron chi connectivity index (χ3n) is 6.76. The van der Waals surface area contributed by atoms with Gasteiger partial charge in [-0.15, -0.1) is 0 Å². The Kier molecular flexibility index (Phi) is 8.55. The molecule has 0 bridgehead atoms. The van der Waals surface area contributed by atoms with Gasteiger partial charge < -0.3 is 4.90 Å². The van der Waals surface area contributed by atoms with E-state index >= 15 is 0 Å². The molecule has 1 aliphatic heterocycles. The van der Waals surface area contributed by atoms with Gasteiger partial charge in [0.05, 0.1) is 23.6 Å². The summed E-state index contributed by atoms with van der Waals surface area (Å²) in [5.74, 6) is 6.71. The second-order valence-electron chi connectivity index (χ2n) is 9.57. The summed E-state index contributed by atoms with van der Waals surface area (Å²) in [6.07, 6.45) is 7.05. The van der Waals surface area contributed by atoms with E-state index in [0.29, 0.717) is 13.0 Å². The highest BCUT2D eigenvalue weighted by Gasteiger charge is 2.20. The van der Waals surface area contributed by atoms with Crippen LogP contribution in [0.1, 0.15) is 53.8 Å². The first-order valence-corrected chi connectivity index (χ1v) is 13.3. The molecule has 38 heavy (non-hydrogen) atoms. The van der Waals surface area contributed by atoms with Gasteiger partial charge in [0.1, 0.15) is 0 Å². The molecule has 5 heteroatoms. The molecule has 2 aromatic carbocycles. The van der Waals surface area contributed by atoms with E-state index in [2.05, 4.69) is 44.9 Å². The number of carbonyl (C=O) groups excluding carboxylic acids is 1. The number of hydrogen-bond donors (Lipinski definition) is 0. The zero-order valence-corrected chi connectivity index (χ0v) is 21.6. The number of para-hydroxylation sites is 1. The summed E-state index contributed by atoms with van der Waals surface area (Å²) < 4.78 is 0. The normalized spacial score (nSPS) is 12.1. The maximum Gasteiger partial charge on any atom is 0.227 e. The van der Waals surface area contributed by atoms with Gasteiger partial charge in [-0.25, -0.2) is 0 Å². The predicted molar refractivity (Wildman–Crippen MR) is 151 cm³/mol. The van der Waals surface area contributed by atoms with Crippen molar-refractivity contribution in [3.8, 4) is 11.8 Å². The molecular weight excluding hydrogens is 468 g/mol. The average Bonchev–Trinajstić information content (AvgIpc) is 2.95. The van der Waals surface area contributed by atoms with Crippen molar-refractivity contribution < 1.29 is 4.79 Å². The Morgan fingerprint density at radius 3 is 2.08 bits per heavy atom. The molecule has 0 N–H and O–H groups in total. The Labute approximate surface area is 225 Å². The molecule has 1 aliphatic rings. The van der Waals surface area contributed by atoms with E-state index in [1.54, 1.807) is 0 Å². The zero-order chi connectivity index (χ0) is 26.0. The number of anilines is 1. The van der Waals surface area contributed by atoms with Crippen LogP contribution in [0.15, 0.2) is 97.3 Å². The molecule has 0 radical (unpaired) electrons. The molecule has 0 saturated heterocycles. The maximum absolute atomic E-state index is 13.5. The quantitative estimate of drug-likeness (QED) is 0.198. The third kappa shape index (κ3) is 6.73. The summed E-state index contributed by atoms with van der Waals surface area (Å²) in [6, 6.07) is 28.1. The van der Waals surface area contributed by atoms with E-state index in [1.807, 2.05) is 84.0 Å². The summed E-state index contributed by atoms with van der Waals surface area (Å²) in [6.45, 7) is 3.03. The second-order valence-corrected chi connectivity index (χ2v) is 9.57. The van der Waals surface area contributed by atoms with E-state index in [1.165, 1.54) is 0 Å². The van der Waals surface area contributed by atoms with E-state index in [9.17, 15) is 4.79 Å². The van der Waals surface area contributed by atoms with Crippen LogP contribution in [0.25, 0.3) is 0 Å². The van der Waals surface area contributed by atoms with Crippen molar-refractivity contribution in [1.82, 2.24) is 14.9 Å². The van der Waals surface area contributed by atoms with Crippen LogP contribution in [-0.4, -0.2) is 27.3 Å². The lowest BCUT2D eigenvalue weighted by atomic mass is 10.0. The third-order valence-corrected chi connectivity index (χ3v) is 6.76. The van der Waals surface area contributed by atoms with E-state index < -0.39 is 0 Å². The fourth-order valence-corrected chi connectivity index (χ4v) is 4.79. The number of carbonyl (C=O) groups is 1.